The highest BCUT2D eigenvalue weighted by molar-refractivity contribution is 6.31. The Morgan fingerprint density at radius 2 is 2.00 bits per heavy atom. The summed E-state index contributed by atoms with van der Waals surface area (Å²) in [5.41, 5.74) is -1.01. The molecule has 1 aliphatic rings. The van der Waals surface area contributed by atoms with Gasteiger partial charge in [-0.2, -0.15) is 0 Å². The van der Waals surface area contributed by atoms with Gasteiger partial charge in [-0.15, -0.1) is 0 Å². The number of amides is 2. The molecule has 0 saturated carbocycles. The summed E-state index contributed by atoms with van der Waals surface area (Å²) in [6, 6.07) is 1.77. The van der Waals surface area contributed by atoms with E-state index in [-0.39, 0.29) is 18.4 Å². The van der Waals surface area contributed by atoms with Crippen molar-refractivity contribution in [2.24, 2.45) is 0 Å². The second kappa shape index (κ2) is 5.30. The van der Waals surface area contributed by atoms with Crippen LogP contribution in [-0.2, 0) is 16.1 Å². The van der Waals surface area contributed by atoms with E-state index in [0.717, 1.165) is 5.56 Å². The van der Waals surface area contributed by atoms with Crippen molar-refractivity contribution in [1.82, 2.24) is 15.2 Å². The second-order valence-electron chi connectivity index (χ2n) is 6.06. The van der Waals surface area contributed by atoms with Crippen LogP contribution in [0.1, 0.15) is 39.7 Å². The molecule has 1 atom stereocenters. The minimum atomic E-state index is -0.918. The number of hydrogen-bond acceptors (Lipinski definition) is 3. The van der Waals surface area contributed by atoms with Gasteiger partial charge in [-0.05, 0) is 38.8 Å². The lowest BCUT2D eigenvalue weighted by molar-refractivity contribution is -0.161. The first-order valence-corrected chi connectivity index (χ1v) is 7.33. The molecule has 1 fully saturated rings. The van der Waals surface area contributed by atoms with E-state index >= 15 is 0 Å². The highest BCUT2D eigenvalue weighted by atomic mass is 35.5. The molecule has 114 valence electrons. The first-order valence-electron chi connectivity index (χ1n) is 6.95. The van der Waals surface area contributed by atoms with E-state index in [4.69, 9.17) is 11.6 Å². The van der Waals surface area contributed by atoms with E-state index in [1.54, 1.807) is 37.9 Å². The van der Waals surface area contributed by atoms with E-state index in [1.807, 2.05) is 6.92 Å². The van der Waals surface area contributed by atoms with Gasteiger partial charge in [0.25, 0.3) is 0 Å². The molecule has 1 N–H and O–H groups in total. The van der Waals surface area contributed by atoms with Crippen molar-refractivity contribution in [2.75, 3.05) is 0 Å². The molecule has 2 heterocycles. The van der Waals surface area contributed by atoms with Gasteiger partial charge in [0.15, 0.2) is 0 Å². The second-order valence-corrected chi connectivity index (χ2v) is 6.46. The lowest BCUT2D eigenvalue weighted by atomic mass is 9.86. The van der Waals surface area contributed by atoms with Gasteiger partial charge in [0.05, 0.1) is 5.02 Å². The maximum absolute atomic E-state index is 12.8. The van der Waals surface area contributed by atoms with Crippen LogP contribution in [0.25, 0.3) is 0 Å². The molecule has 6 heteroatoms. The highest BCUT2D eigenvalue weighted by Gasteiger charge is 2.51. The number of nitrogens with zero attached hydrogens (tertiary/aromatic N) is 2. The fraction of sp³-hybridized carbons (Fsp3) is 0.533. The van der Waals surface area contributed by atoms with E-state index in [2.05, 4.69) is 10.3 Å². The van der Waals surface area contributed by atoms with Gasteiger partial charge in [0.2, 0.25) is 11.8 Å². The molecule has 2 amide bonds. The van der Waals surface area contributed by atoms with Gasteiger partial charge < -0.3 is 10.2 Å². The normalized spacial score (nSPS) is 24.9. The minimum Gasteiger partial charge on any atom is -0.340 e. The topological polar surface area (TPSA) is 62.3 Å². The van der Waals surface area contributed by atoms with Crippen LogP contribution in [0.4, 0.5) is 0 Å². The first-order chi connectivity index (χ1) is 9.72. The smallest absolute Gasteiger partial charge is 0.249 e. The number of carbonyl (C=O) groups is 2. The highest BCUT2D eigenvalue weighted by Crippen LogP contribution is 2.30. The maximum Gasteiger partial charge on any atom is 0.249 e. The van der Waals surface area contributed by atoms with E-state index in [1.165, 1.54) is 6.20 Å². The molecule has 21 heavy (non-hydrogen) atoms. The molecule has 0 radical (unpaired) electrons. The molecule has 0 aromatic carbocycles. The fourth-order valence-electron chi connectivity index (χ4n) is 2.34. The molecule has 0 spiro atoms. The monoisotopic (exact) mass is 309 g/mol. The number of pyridine rings is 1. The summed E-state index contributed by atoms with van der Waals surface area (Å²) in [6.07, 6.45) is 3.70. The van der Waals surface area contributed by atoms with Crippen LogP contribution in [0, 0.1) is 0 Å². The molecular weight excluding hydrogens is 290 g/mol. The average molecular weight is 310 g/mol. The molecule has 5 nitrogen and oxygen atoms in total. The van der Waals surface area contributed by atoms with Crippen molar-refractivity contribution < 1.29 is 9.59 Å². The van der Waals surface area contributed by atoms with Gasteiger partial charge >= 0.3 is 0 Å². The molecule has 0 aliphatic carbocycles. The molecule has 0 bridgehead atoms. The van der Waals surface area contributed by atoms with Crippen LogP contribution >= 0.6 is 11.6 Å². The summed E-state index contributed by atoms with van der Waals surface area (Å²) >= 11 is 6.12. The third-order valence-corrected chi connectivity index (χ3v) is 4.57. The summed E-state index contributed by atoms with van der Waals surface area (Å²) in [6.45, 7) is 7.41. The number of aromatic nitrogens is 1. The molecule has 1 unspecified atom stereocenters. The van der Waals surface area contributed by atoms with Gasteiger partial charge in [-0.3, -0.25) is 14.6 Å². The van der Waals surface area contributed by atoms with Gasteiger partial charge in [0.1, 0.15) is 11.1 Å². The Morgan fingerprint density at radius 3 is 2.57 bits per heavy atom. The lowest BCUT2D eigenvalue weighted by Gasteiger charge is -2.48. The Morgan fingerprint density at radius 1 is 1.33 bits per heavy atom. The van der Waals surface area contributed by atoms with Crippen molar-refractivity contribution in [3.05, 3.63) is 29.0 Å². The molecule has 1 saturated heterocycles. The SMILES string of the molecule is CCC1(C)NC(=O)C(C)(C)N(Cc2ccncc2Cl)C1=O. The fourth-order valence-corrected chi connectivity index (χ4v) is 2.52. The Bertz CT molecular complexity index is 588. The largest absolute Gasteiger partial charge is 0.340 e. The van der Waals surface area contributed by atoms with Crippen LogP contribution in [0.15, 0.2) is 18.5 Å². The summed E-state index contributed by atoms with van der Waals surface area (Å²) in [5, 5.41) is 3.33. The van der Waals surface area contributed by atoms with Crippen LogP contribution in [0.5, 0.6) is 0 Å². The Labute approximate surface area is 129 Å². The maximum atomic E-state index is 12.8. The van der Waals surface area contributed by atoms with E-state index in [0.29, 0.717) is 11.4 Å². The Kier molecular flexibility index (Phi) is 3.97. The van der Waals surface area contributed by atoms with Gasteiger partial charge in [0, 0.05) is 18.9 Å². The van der Waals surface area contributed by atoms with Crippen molar-refractivity contribution in [2.45, 2.75) is 51.7 Å². The minimum absolute atomic E-state index is 0.0949. The Hall–Kier alpha value is -1.62. The van der Waals surface area contributed by atoms with Crippen LogP contribution in [0.2, 0.25) is 5.02 Å². The van der Waals surface area contributed by atoms with Crippen LogP contribution < -0.4 is 5.32 Å². The Balaban J connectivity index is 2.40. The molecular formula is C15H20ClN3O2. The van der Waals surface area contributed by atoms with Gasteiger partial charge in [-0.1, -0.05) is 18.5 Å². The predicted octanol–water partition coefficient (Wildman–Crippen LogP) is 2.14. The van der Waals surface area contributed by atoms with Gasteiger partial charge in [-0.25, -0.2) is 0 Å². The van der Waals surface area contributed by atoms with Crippen LogP contribution in [-0.4, -0.2) is 32.8 Å². The molecule has 1 aromatic rings. The molecule has 1 aliphatic heterocycles. The number of nitrogens with one attached hydrogen (secondary N) is 1. The zero-order chi connectivity index (χ0) is 15.8. The third kappa shape index (κ3) is 2.62. The quantitative estimate of drug-likeness (QED) is 0.930. The van der Waals surface area contributed by atoms with Crippen molar-refractivity contribution in [3.63, 3.8) is 0 Å². The zero-order valence-electron chi connectivity index (χ0n) is 12.7. The van der Waals surface area contributed by atoms with Crippen LogP contribution in [0.3, 0.4) is 0 Å². The molecule has 1 aromatic heterocycles. The number of halogens is 1. The zero-order valence-corrected chi connectivity index (χ0v) is 13.5. The van der Waals surface area contributed by atoms with E-state index < -0.39 is 11.1 Å². The summed E-state index contributed by atoms with van der Waals surface area (Å²) < 4.78 is 0. The predicted molar refractivity (Wildman–Crippen MR) is 80.7 cm³/mol. The molecule has 2 rings (SSSR count). The van der Waals surface area contributed by atoms with Crippen molar-refractivity contribution >= 4 is 23.4 Å². The first kappa shape index (κ1) is 15.8. The summed E-state index contributed by atoms with van der Waals surface area (Å²) in [5.74, 6) is -0.251. The number of carbonyl (C=O) groups excluding carboxylic acids is 2. The van der Waals surface area contributed by atoms with E-state index in [9.17, 15) is 9.59 Å². The standard InChI is InChI=1S/C15H20ClN3O2/c1-5-15(4)13(21)19(14(2,3)12(20)18-15)9-10-6-7-17-8-11(10)16/h6-8H,5,9H2,1-4H3,(H,18,20). The number of hydrogen-bond donors (Lipinski definition) is 1. The number of piperazine rings is 1. The van der Waals surface area contributed by atoms with Crippen molar-refractivity contribution in [3.8, 4) is 0 Å². The summed E-state index contributed by atoms with van der Waals surface area (Å²) in [4.78, 5) is 30.7. The van der Waals surface area contributed by atoms with Crippen molar-refractivity contribution in [1.29, 1.82) is 0 Å². The number of rotatable bonds is 3. The average Bonchev–Trinajstić information content (AvgIpc) is 2.44. The lowest BCUT2D eigenvalue weighted by Crippen LogP contribution is -2.72. The third-order valence-electron chi connectivity index (χ3n) is 4.23. The summed E-state index contributed by atoms with van der Waals surface area (Å²) in [7, 11) is 0.